The summed E-state index contributed by atoms with van der Waals surface area (Å²) in [5, 5.41) is 2.78. The van der Waals surface area contributed by atoms with E-state index in [0.717, 1.165) is 0 Å². The summed E-state index contributed by atoms with van der Waals surface area (Å²) in [6.07, 6.45) is 0. The maximum absolute atomic E-state index is 8.43. The van der Waals surface area contributed by atoms with Gasteiger partial charge in [0.25, 0.3) is 0 Å². The van der Waals surface area contributed by atoms with E-state index in [0.29, 0.717) is 0 Å². The SMILES string of the molecule is CC(C)(C)[PH](c1ccccc1)(C(C)(C)C)[Pd]([Cl])([Cl])[PH](c1ccccc1)(C(C)(C)C)C(C)(C)C. The van der Waals surface area contributed by atoms with Crippen molar-refractivity contribution in [3.63, 3.8) is 0 Å². The second-order valence-electron chi connectivity index (χ2n) is 13.3. The first-order chi connectivity index (χ1) is 14.7. The van der Waals surface area contributed by atoms with Crippen molar-refractivity contribution in [2.45, 2.75) is 104 Å². The molecule has 0 unspecified atom stereocenters. The van der Waals surface area contributed by atoms with E-state index >= 15 is 0 Å². The van der Waals surface area contributed by atoms with Crippen molar-refractivity contribution in [3.8, 4) is 0 Å². The summed E-state index contributed by atoms with van der Waals surface area (Å²) in [4.78, 5) is 0. The third-order valence-corrected chi connectivity index (χ3v) is 64.7. The van der Waals surface area contributed by atoms with E-state index in [-0.39, 0.29) is 20.6 Å². The van der Waals surface area contributed by atoms with E-state index in [1.807, 2.05) is 0 Å². The van der Waals surface area contributed by atoms with Crippen molar-refractivity contribution in [1.82, 2.24) is 0 Å². The average Bonchev–Trinajstić information content (AvgIpc) is 2.58. The molecule has 0 fully saturated rings. The molecule has 0 atom stereocenters. The zero-order chi connectivity index (χ0) is 25.7. The van der Waals surface area contributed by atoms with Crippen molar-refractivity contribution in [2.75, 3.05) is 0 Å². The Morgan fingerprint density at radius 1 is 0.455 bits per heavy atom. The van der Waals surface area contributed by atoms with Crippen LogP contribution in [0.3, 0.4) is 0 Å². The average molecular weight is 624 g/mol. The van der Waals surface area contributed by atoms with Crippen LogP contribution in [0.1, 0.15) is 83.1 Å². The molecule has 194 valence electrons. The molecule has 2 rings (SSSR count). The van der Waals surface area contributed by atoms with E-state index in [9.17, 15) is 0 Å². The molecule has 0 aliphatic carbocycles. The van der Waals surface area contributed by atoms with E-state index in [4.69, 9.17) is 19.1 Å². The first-order valence-electron chi connectivity index (χ1n) is 11.9. The second-order valence-corrected chi connectivity index (χ2v) is 48.9. The molecule has 0 radical (unpaired) electrons. The van der Waals surface area contributed by atoms with Crippen molar-refractivity contribution in [2.24, 2.45) is 0 Å². The van der Waals surface area contributed by atoms with Gasteiger partial charge in [0, 0.05) is 0 Å². The first-order valence-corrected chi connectivity index (χ1v) is 24.2. The summed E-state index contributed by atoms with van der Waals surface area (Å²) in [6.45, 7) is 29.0. The molecule has 33 heavy (non-hydrogen) atoms. The fourth-order valence-corrected chi connectivity index (χ4v) is 101. The summed E-state index contributed by atoms with van der Waals surface area (Å²) >= 11 is -3.24. The van der Waals surface area contributed by atoms with Gasteiger partial charge in [-0.2, -0.15) is 0 Å². The molecule has 0 saturated carbocycles. The molecular weight excluding hydrogens is 576 g/mol. The monoisotopic (exact) mass is 622 g/mol. The van der Waals surface area contributed by atoms with E-state index in [1.54, 1.807) is 0 Å². The Kier molecular flexibility index (Phi) is 8.52. The minimum absolute atomic E-state index is 0.0170. The van der Waals surface area contributed by atoms with Gasteiger partial charge in [0.2, 0.25) is 0 Å². The van der Waals surface area contributed by atoms with Crippen LogP contribution in [-0.4, -0.2) is 20.6 Å². The molecule has 2 aromatic carbocycles. The molecule has 0 amide bonds. The molecule has 0 heterocycles. The number of hydrogen-bond donors (Lipinski definition) is 0. The number of rotatable bonds is 4. The number of hydrogen-bond acceptors (Lipinski definition) is 0. The summed E-state index contributed by atoms with van der Waals surface area (Å²) in [5.41, 5.74) is -5.20. The van der Waals surface area contributed by atoms with Crippen LogP contribution >= 0.6 is 30.0 Å². The van der Waals surface area contributed by atoms with Gasteiger partial charge < -0.3 is 0 Å². The van der Waals surface area contributed by atoms with Gasteiger partial charge in [-0.05, 0) is 0 Å². The van der Waals surface area contributed by atoms with Crippen LogP contribution in [-0.2, 0) is 12.5 Å². The number of benzene rings is 2. The number of halogens is 2. The van der Waals surface area contributed by atoms with Gasteiger partial charge in [-0.3, -0.25) is 0 Å². The van der Waals surface area contributed by atoms with Crippen molar-refractivity contribution >= 4 is 40.6 Å². The molecule has 2 aromatic rings. The molecule has 0 bridgehead atoms. The van der Waals surface area contributed by atoms with Crippen molar-refractivity contribution in [1.29, 1.82) is 0 Å². The molecular formula is C28H48Cl2P2Pd. The van der Waals surface area contributed by atoms with Crippen LogP contribution in [0.2, 0.25) is 0 Å². The van der Waals surface area contributed by atoms with E-state index < -0.39 is 23.4 Å². The Hall–Kier alpha value is 0.542. The molecule has 0 aliphatic rings. The fourth-order valence-electron chi connectivity index (χ4n) is 6.90. The molecule has 0 aromatic heterocycles. The molecule has 0 aliphatic heterocycles. The van der Waals surface area contributed by atoms with Crippen LogP contribution in [0.4, 0.5) is 0 Å². The first kappa shape index (κ1) is 29.8. The summed E-state index contributed by atoms with van der Waals surface area (Å²) in [5.74, 6) is 0. The standard InChI is InChI=1S/2C14H23P.2ClH.Pd/c2*1-13(2,3)15(14(4,5)6)12-10-8-7-9-11-12;;;/h2*7-11H,1-6H3;2*1H;. The van der Waals surface area contributed by atoms with Crippen molar-refractivity contribution < 1.29 is 12.5 Å². The topological polar surface area (TPSA) is 0 Å². The Labute approximate surface area is 216 Å². The van der Waals surface area contributed by atoms with Gasteiger partial charge in [0.05, 0.1) is 0 Å². The quantitative estimate of drug-likeness (QED) is 0.235. The molecule has 0 spiro atoms. The van der Waals surface area contributed by atoms with Gasteiger partial charge in [0.15, 0.2) is 0 Å². The zero-order valence-corrected chi connectivity index (χ0v) is 27.9. The molecule has 0 saturated heterocycles. The van der Waals surface area contributed by atoms with Crippen LogP contribution in [0.5, 0.6) is 0 Å². The Balaban J connectivity index is 3.29. The molecule has 0 nitrogen and oxygen atoms in total. The van der Waals surface area contributed by atoms with Crippen LogP contribution in [0.25, 0.3) is 0 Å². The molecule has 5 heteroatoms. The van der Waals surface area contributed by atoms with E-state index in [2.05, 4.69) is 144 Å². The Morgan fingerprint density at radius 3 is 0.848 bits per heavy atom. The fraction of sp³-hybridized carbons (Fsp3) is 0.571. The van der Waals surface area contributed by atoms with Gasteiger partial charge >= 0.3 is 217 Å². The normalized spacial score (nSPS) is 16.4. The van der Waals surface area contributed by atoms with Gasteiger partial charge in [0.1, 0.15) is 0 Å². The molecule has 0 N–H and O–H groups in total. The van der Waals surface area contributed by atoms with Crippen LogP contribution in [0, 0.1) is 0 Å². The third-order valence-electron chi connectivity index (χ3n) is 6.85. The maximum atomic E-state index is 8.43. The predicted molar refractivity (Wildman–Crippen MR) is 159 cm³/mol. The van der Waals surface area contributed by atoms with E-state index in [1.165, 1.54) is 10.6 Å². The third kappa shape index (κ3) is 4.46. The van der Waals surface area contributed by atoms with Crippen molar-refractivity contribution in [3.05, 3.63) is 60.7 Å². The Bertz CT molecular complexity index is 823. The van der Waals surface area contributed by atoms with Crippen LogP contribution < -0.4 is 10.6 Å². The van der Waals surface area contributed by atoms with Gasteiger partial charge in [-0.15, -0.1) is 0 Å². The van der Waals surface area contributed by atoms with Gasteiger partial charge in [-0.25, -0.2) is 0 Å². The van der Waals surface area contributed by atoms with Crippen LogP contribution in [0.15, 0.2) is 60.7 Å². The summed E-state index contributed by atoms with van der Waals surface area (Å²) < 4.78 is 0. The minimum atomic E-state index is -3.24. The summed E-state index contributed by atoms with van der Waals surface area (Å²) in [7, 11) is 16.9. The second kappa shape index (κ2) is 9.45. The Morgan fingerprint density at radius 2 is 0.667 bits per heavy atom. The summed E-state index contributed by atoms with van der Waals surface area (Å²) in [6, 6.07) is 22.4. The zero-order valence-electron chi connectivity index (χ0n) is 22.8. The predicted octanol–water partition coefficient (Wildman–Crippen LogP) is 9.62. The van der Waals surface area contributed by atoms with Gasteiger partial charge in [-0.1, -0.05) is 0 Å².